The Hall–Kier alpha value is -3.65. The van der Waals surface area contributed by atoms with E-state index in [-0.39, 0.29) is 24.3 Å². The number of H-pyrrole nitrogens is 1. The van der Waals surface area contributed by atoms with E-state index in [4.69, 9.17) is 0 Å². The number of phenols is 1. The SMILES string of the molecule is CC[C@H](Cc1ccc2[nH]c(C(=O)NCc3ccccc3)cc2c1)NC[C@H](O)c1ccc(O)c(CO)c1. The summed E-state index contributed by atoms with van der Waals surface area (Å²) in [6, 6.07) is 22.7. The van der Waals surface area contributed by atoms with Gasteiger partial charge in [0.1, 0.15) is 11.4 Å². The van der Waals surface area contributed by atoms with E-state index in [9.17, 15) is 20.1 Å². The Morgan fingerprint density at radius 1 is 1.00 bits per heavy atom. The van der Waals surface area contributed by atoms with Gasteiger partial charge in [-0.1, -0.05) is 49.4 Å². The van der Waals surface area contributed by atoms with Gasteiger partial charge >= 0.3 is 0 Å². The third-order valence-corrected chi connectivity index (χ3v) is 6.46. The van der Waals surface area contributed by atoms with Crippen molar-refractivity contribution in [2.75, 3.05) is 6.54 Å². The van der Waals surface area contributed by atoms with E-state index in [1.165, 1.54) is 6.07 Å². The first kappa shape index (κ1) is 25.4. The van der Waals surface area contributed by atoms with Crippen LogP contribution in [0.4, 0.5) is 0 Å². The second kappa shape index (κ2) is 11.9. The maximum Gasteiger partial charge on any atom is 0.267 e. The molecule has 0 aliphatic carbocycles. The van der Waals surface area contributed by atoms with Gasteiger partial charge in [-0.05, 0) is 59.9 Å². The molecule has 0 spiro atoms. The predicted octanol–water partition coefficient (Wildman–Crippen LogP) is 3.94. The molecule has 0 saturated heterocycles. The number of hydrogen-bond acceptors (Lipinski definition) is 5. The predicted molar refractivity (Wildman–Crippen MR) is 141 cm³/mol. The number of benzene rings is 3. The zero-order valence-corrected chi connectivity index (χ0v) is 20.4. The van der Waals surface area contributed by atoms with Crippen molar-refractivity contribution >= 4 is 16.8 Å². The van der Waals surface area contributed by atoms with E-state index in [0.717, 1.165) is 34.9 Å². The largest absolute Gasteiger partial charge is 0.508 e. The molecule has 3 aromatic carbocycles. The van der Waals surface area contributed by atoms with E-state index >= 15 is 0 Å². The van der Waals surface area contributed by atoms with Crippen LogP contribution in [-0.2, 0) is 19.6 Å². The van der Waals surface area contributed by atoms with Crippen LogP contribution in [-0.4, -0.2) is 38.8 Å². The number of fused-ring (bicyclic) bond motifs is 1. The maximum atomic E-state index is 12.6. The number of nitrogens with one attached hydrogen (secondary N) is 3. The van der Waals surface area contributed by atoms with Crippen LogP contribution in [0.15, 0.2) is 72.8 Å². The molecule has 4 rings (SSSR count). The van der Waals surface area contributed by atoms with Crippen LogP contribution in [0.25, 0.3) is 10.9 Å². The third-order valence-electron chi connectivity index (χ3n) is 6.46. The Kier molecular flexibility index (Phi) is 8.38. The number of carbonyl (C=O) groups is 1. The minimum atomic E-state index is -0.755. The van der Waals surface area contributed by atoms with Gasteiger partial charge in [0.05, 0.1) is 12.7 Å². The fourth-order valence-corrected chi connectivity index (χ4v) is 4.29. The number of aromatic amines is 1. The van der Waals surface area contributed by atoms with Gasteiger partial charge < -0.3 is 30.9 Å². The Morgan fingerprint density at radius 3 is 2.56 bits per heavy atom. The molecular weight excluding hydrogens is 454 g/mol. The summed E-state index contributed by atoms with van der Waals surface area (Å²) >= 11 is 0. The van der Waals surface area contributed by atoms with E-state index in [2.05, 4.69) is 34.7 Å². The Balaban J connectivity index is 1.36. The van der Waals surface area contributed by atoms with Crippen molar-refractivity contribution in [3.05, 3.63) is 101 Å². The van der Waals surface area contributed by atoms with Gasteiger partial charge in [-0.25, -0.2) is 0 Å². The first-order valence-corrected chi connectivity index (χ1v) is 12.2. The third kappa shape index (κ3) is 6.31. The van der Waals surface area contributed by atoms with Crippen molar-refractivity contribution in [2.45, 2.75) is 45.1 Å². The zero-order valence-electron chi connectivity index (χ0n) is 20.4. The highest BCUT2D eigenvalue weighted by Gasteiger charge is 2.15. The molecule has 0 saturated carbocycles. The molecule has 0 aliphatic rings. The van der Waals surface area contributed by atoms with Crippen LogP contribution in [0, 0.1) is 0 Å². The molecule has 0 aliphatic heterocycles. The van der Waals surface area contributed by atoms with Crippen LogP contribution in [0.5, 0.6) is 5.75 Å². The monoisotopic (exact) mass is 487 g/mol. The smallest absolute Gasteiger partial charge is 0.267 e. The normalized spacial score (nSPS) is 13.0. The number of carbonyl (C=O) groups excluding carboxylic acids is 1. The average molecular weight is 488 g/mol. The molecule has 0 unspecified atom stereocenters. The molecule has 1 heterocycles. The summed E-state index contributed by atoms with van der Waals surface area (Å²) in [6.45, 7) is 2.64. The van der Waals surface area contributed by atoms with E-state index in [1.54, 1.807) is 12.1 Å². The highest BCUT2D eigenvalue weighted by Crippen LogP contribution is 2.23. The molecule has 7 nitrogen and oxygen atoms in total. The van der Waals surface area contributed by atoms with E-state index < -0.39 is 6.10 Å². The summed E-state index contributed by atoms with van der Waals surface area (Å²) in [4.78, 5) is 15.8. The lowest BCUT2D eigenvalue weighted by Gasteiger charge is -2.20. The topological polar surface area (TPSA) is 118 Å². The Morgan fingerprint density at radius 2 is 1.81 bits per heavy atom. The maximum absolute atomic E-state index is 12.6. The molecule has 1 aromatic heterocycles. The van der Waals surface area contributed by atoms with Crippen LogP contribution in [0.3, 0.4) is 0 Å². The molecule has 0 fully saturated rings. The molecule has 0 bridgehead atoms. The van der Waals surface area contributed by atoms with E-state index in [0.29, 0.717) is 29.9 Å². The van der Waals surface area contributed by atoms with Crippen molar-refractivity contribution in [2.24, 2.45) is 0 Å². The van der Waals surface area contributed by atoms with Crippen molar-refractivity contribution in [3.8, 4) is 5.75 Å². The number of hydrogen-bond donors (Lipinski definition) is 6. The quantitative estimate of drug-likeness (QED) is 0.192. The second-order valence-corrected chi connectivity index (χ2v) is 9.05. The van der Waals surface area contributed by atoms with Gasteiger partial charge in [-0.3, -0.25) is 4.79 Å². The van der Waals surface area contributed by atoms with E-state index in [1.807, 2.05) is 42.5 Å². The van der Waals surface area contributed by atoms with Crippen LogP contribution in [0.2, 0.25) is 0 Å². The lowest BCUT2D eigenvalue weighted by Crippen LogP contribution is -2.34. The summed E-state index contributed by atoms with van der Waals surface area (Å²) in [5.74, 6) is -0.123. The summed E-state index contributed by atoms with van der Waals surface area (Å²) < 4.78 is 0. The summed E-state index contributed by atoms with van der Waals surface area (Å²) in [5, 5.41) is 37.0. The summed E-state index contributed by atoms with van der Waals surface area (Å²) in [7, 11) is 0. The number of aliphatic hydroxyl groups excluding tert-OH is 2. The molecule has 2 atom stereocenters. The van der Waals surface area contributed by atoms with Gasteiger partial charge in [-0.2, -0.15) is 0 Å². The van der Waals surface area contributed by atoms with Gasteiger partial charge in [-0.15, -0.1) is 0 Å². The van der Waals surface area contributed by atoms with Crippen molar-refractivity contribution in [1.29, 1.82) is 0 Å². The highest BCUT2D eigenvalue weighted by atomic mass is 16.3. The molecular formula is C29H33N3O4. The molecule has 4 aromatic rings. The molecule has 1 amide bonds. The lowest BCUT2D eigenvalue weighted by molar-refractivity contribution is 0.0946. The van der Waals surface area contributed by atoms with Crippen molar-refractivity contribution in [1.82, 2.24) is 15.6 Å². The molecule has 36 heavy (non-hydrogen) atoms. The van der Waals surface area contributed by atoms with Gasteiger partial charge in [0.25, 0.3) is 5.91 Å². The lowest BCUT2D eigenvalue weighted by atomic mass is 10.0. The standard InChI is InChI=1S/C29H33N3O4/c1-2-24(30-17-28(35)21-9-11-27(34)23(14-21)18-33)13-20-8-10-25-22(12-20)15-26(32-25)29(36)31-16-19-6-4-3-5-7-19/h3-12,14-15,24,28,30,32-35H,2,13,16-18H2,1H3,(H,31,36)/t24-,28+/m1/s1. The number of aromatic nitrogens is 1. The summed E-state index contributed by atoms with van der Waals surface area (Å²) in [6.07, 6.45) is 0.897. The molecule has 7 heteroatoms. The number of aliphatic hydroxyl groups is 2. The van der Waals surface area contributed by atoms with Crippen molar-refractivity contribution < 1.29 is 20.1 Å². The zero-order chi connectivity index (χ0) is 25.5. The van der Waals surface area contributed by atoms with Gasteiger partial charge in [0.15, 0.2) is 0 Å². The Labute approximate surface area is 210 Å². The molecule has 0 radical (unpaired) electrons. The van der Waals surface area contributed by atoms with Crippen LogP contribution in [0.1, 0.15) is 52.2 Å². The number of amides is 1. The minimum absolute atomic E-state index is 0.0184. The fourth-order valence-electron chi connectivity index (χ4n) is 4.29. The average Bonchev–Trinajstić information content (AvgIpc) is 3.34. The second-order valence-electron chi connectivity index (χ2n) is 9.05. The fraction of sp³-hybridized carbons (Fsp3) is 0.276. The van der Waals surface area contributed by atoms with Gasteiger partial charge in [0.2, 0.25) is 0 Å². The minimum Gasteiger partial charge on any atom is -0.508 e. The molecule has 6 N–H and O–H groups in total. The first-order valence-electron chi connectivity index (χ1n) is 12.2. The summed E-state index contributed by atoms with van der Waals surface area (Å²) in [5.41, 5.74) is 4.66. The highest BCUT2D eigenvalue weighted by molar-refractivity contribution is 5.98. The van der Waals surface area contributed by atoms with Crippen molar-refractivity contribution in [3.63, 3.8) is 0 Å². The Bertz CT molecular complexity index is 1300. The van der Waals surface area contributed by atoms with Crippen LogP contribution >= 0.6 is 0 Å². The van der Waals surface area contributed by atoms with Crippen LogP contribution < -0.4 is 10.6 Å². The van der Waals surface area contributed by atoms with Gasteiger partial charge in [0, 0.05) is 35.6 Å². The number of rotatable bonds is 11. The first-order chi connectivity index (χ1) is 17.5. The molecule has 188 valence electrons. The number of aromatic hydroxyl groups is 1.